The maximum atomic E-state index is 12.9. The van der Waals surface area contributed by atoms with E-state index in [1.807, 2.05) is 0 Å². The Morgan fingerprint density at radius 3 is 2.59 bits per heavy atom. The molecule has 2 heterocycles. The molecule has 0 bridgehead atoms. The second-order valence-electron chi connectivity index (χ2n) is 5.57. The van der Waals surface area contributed by atoms with E-state index in [1.54, 1.807) is 0 Å². The van der Waals surface area contributed by atoms with Gasteiger partial charge in [-0.25, -0.2) is 9.78 Å². The van der Waals surface area contributed by atoms with Crippen molar-refractivity contribution in [3.05, 3.63) is 26.7 Å². The van der Waals surface area contributed by atoms with Gasteiger partial charge in [0.25, 0.3) is 5.56 Å². The molecule has 1 aliphatic carbocycles. The van der Waals surface area contributed by atoms with E-state index in [2.05, 4.69) is 9.97 Å². The van der Waals surface area contributed by atoms with Crippen molar-refractivity contribution in [2.75, 3.05) is 0 Å². The molecule has 0 radical (unpaired) electrons. The third-order valence-corrected chi connectivity index (χ3v) is 4.14. The van der Waals surface area contributed by atoms with Gasteiger partial charge in [-0.2, -0.15) is 0 Å². The molecule has 2 aromatic heterocycles. The normalized spacial score (nSPS) is 21.3. The lowest BCUT2D eigenvalue weighted by Gasteiger charge is -2.09. The van der Waals surface area contributed by atoms with Crippen LogP contribution in [0.4, 0.5) is 0 Å². The number of aryl methyl sites for hydroxylation is 1. The first-order valence-electron chi connectivity index (χ1n) is 10.3. The second kappa shape index (κ2) is 6.10. The van der Waals surface area contributed by atoms with Gasteiger partial charge in [-0.3, -0.25) is 13.9 Å². The van der Waals surface area contributed by atoms with Crippen LogP contribution in [0.1, 0.15) is 69.5 Å². The van der Waals surface area contributed by atoms with Gasteiger partial charge in [-0.1, -0.05) is 26.6 Å². The Balaban J connectivity index is 2.25. The Bertz CT molecular complexity index is 885. The van der Waals surface area contributed by atoms with E-state index in [9.17, 15) is 9.59 Å². The van der Waals surface area contributed by atoms with E-state index in [-0.39, 0.29) is 43.7 Å². The number of aromatic amines is 1. The predicted octanol–water partition coefficient (Wildman–Crippen LogP) is 2.36. The van der Waals surface area contributed by atoms with E-state index < -0.39 is 24.3 Å². The molecule has 0 aliphatic heterocycles. The Labute approximate surface area is 134 Å². The summed E-state index contributed by atoms with van der Waals surface area (Å²) in [6.45, 7) is -2.33. The van der Waals surface area contributed by atoms with Gasteiger partial charge in [0.1, 0.15) is 11.3 Å². The molecule has 6 nitrogen and oxygen atoms in total. The number of hydrogen-bond donors (Lipinski definition) is 1. The first-order chi connectivity index (χ1) is 12.5. The van der Waals surface area contributed by atoms with Gasteiger partial charge >= 0.3 is 5.69 Å². The average Bonchev–Trinajstić information content (AvgIpc) is 3.25. The smallest absolute Gasteiger partial charge is 0.332 e. The van der Waals surface area contributed by atoms with Crippen LogP contribution >= 0.6 is 0 Å². The third kappa shape index (κ3) is 2.40. The van der Waals surface area contributed by atoms with Crippen LogP contribution in [-0.4, -0.2) is 19.1 Å². The molecule has 120 valence electrons. The minimum Gasteiger partial charge on any atom is -0.336 e. The monoisotopic (exact) mass is 312 g/mol. The van der Waals surface area contributed by atoms with Gasteiger partial charge in [-0.05, 0) is 25.7 Å². The Hall–Kier alpha value is -1.85. The van der Waals surface area contributed by atoms with Crippen LogP contribution in [0.25, 0.3) is 11.2 Å². The molecule has 22 heavy (non-hydrogen) atoms. The molecule has 2 atom stereocenters. The number of H-pyrrole nitrogens is 1. The van der Waals surface area contributed by atoms with E-state index in [1.165, 1.54) is 0 Å². The summed E-state index contributed by atoms with van der Waals surface area (Å²) >= 11 is 0. The lowest BCUT2D eigenvalue weighted by Crippen LogP contribution is -2.40. The van der Waals surface area contributed by atoms with Gasteiger partial charge in [0.2, 0.25) is 0 Å². The van der Waals surface area contributed by atoms with Crippen molar-refractivity contribution in [2.45, 2.75) is 71.3 Å². The number of nitrogens with zero attached hydrogens (tertiary/aromatic N) is 3. The minimum absolute atomic E-state index is 0.0296. The van der Waals surface area contributed by atoms with Gasteiger partial charge in [0, 0.05) is 23.1 Å². The zero-order valence-electron chi connectivity index (χ0n) is 16.5. The van der Waals surface area contributed by atoms with Gasteiger partial charge in [0.05, 0.1) is 1.37 Å². The van der Waals surface area contributed by atoms with Crippen LogP contribution in [0.3, 0.4) is 0 Å². The van der Waals surface area contributed by atoms with Crippen molar-refractivity contribution in [1.29, 1.82) is 0 Å². The molecule has 1 N–H and O–H groups in total. The molecule has 0 spiro atoms. The molecule has 2 unspecified atom stereocenters. The summed E-state index contributed by atoms with van der Waals surface area (Å²) in [5, 5.41) is 0. The molecule has 6 heteroatoms. The fourth-order valence-electron chi connectivity index (χ4n) is 3.10. The van der Waals surface area contributed by atoms with Crippen LogP contribution in [0.15, 0.2) is 9.59 Å². The average molecular weight is 312 g/mol. The minimum atomic E-state index is -1.18. The highest BCUT2D eigenvalue weighted by Gasteiger charge is 2.23. The van der Waals surface area contributed by atoms with Crippen LogP contribution in [0, 0.1) is 0 Å². The zero-order valence-corrected chi connectivity index (χ0v) is 12.5. The van der Waals surface area contributed by atoms with Crippen LogP contribution in [-0.2, 0) is 13.0 Å². The highest BCUT2D eigenvalue weighted by Crippen LogP contribution is 2.32. The summed E-state index contributed by atoms with van der Waals surface area (Å²) in [6, 6.07) is 0. The largest absolute Gasteiger partial charge is 0.336 e. The lowest BCUT2D eigenvalue weighted by molar-refractivity contribution is 0.555. The second-order valence-corrected chi connectivity index (χ2v) is 5.57. The summed E-state index contributed by atoms with van der Waals surface area (Å²) < 4.78 is 32.9. The molecule has 1 saturated carbocycles. The molecule has 3 rings (SSSR count). The van der Waals surface area contributed by atoms with E-state index >= 15 is 0 Å². The van der Waals surface area contributed by atoms with Crippen molar-refractivity contribution in [3.8, 4) is 0 Å². The van der Waals surface area contributed by atoms with Crippen molar-refractivity contribution < 1.29 is 5.48 Å². The van der Waals surface area contributed by atoms with Crippen molar-refractivity contribution in [3.63, 3.8) is 0 Å². The zero-order chi connectivity index (χ0) is 18.8. The van der Waals surface area contributed by atoms with Crippen LogP contribution < -0.4 is 11.2 Å². The Kier molecular flexibility index (Phi) is 3.00. The summed E-state index contributed by atoms with van der Waals surface area (Å²) in [5.41, 5.74) is -1.10. The number of rotatable bonds is 5. The first kappa shape index (κ1) is 10.8. The van der Waals surface area contributed by atoms with Crippen LogP contribution in [0.5, 0.6) is 0 Å². The summed E-state index contributed by atoms with van der Waals surface area (Å²) in [7, 11) is 0. The van der Waals surface area contributed by atoms with E-state index in [0.29, 0.717) is 5.82 Å². The summed E-state index contributed by atoms with van der Waals surface area (Å²) in [4.78, 5) is 33.2. The number of imidazole rings is 1. The lowest BCUT2D eigenvalue weighted by atomic mass is 10.1. The predicted molar refractivity (Wildman–Crippen MR) is 86.4 cm³/mol. The summed E-state index contributed by atoms with van der Waals surface area (Å²) in [6.07, 6.45) is 4.30. The number of nitrogens with one attached hydrogen (secondary N) is 1. The standard InChI is InChI=1S/C16H24N4O2/c1-3-9-19-14-12(15(21)20(10-4-2)16(19)22)17-13(18-14)11-7-5-6-8-11/h11H,3-10H2,1-2H3,(H,17,18)/i1T,2T,9T,10T. The fourth-order valence-corrected chi connectivity index (χ4v) is 3.10. The van der Waals surface area contributed by atoms with Crippen LogP contribution in [0.2, 0.25) is 0 Å². The topological polar surface area (TPSA) is 72.7 Å². The van der Waals surface area contributed by atoms with E-state index in [4.69, 9.17) is 5.48 Å². The molecule has 2 aromatic rings. The highest BCUT2D eigenvalue weighted by atomic mass is 16.2. The Morgan fingerprint density at radius 1 is 1.23 bits per heavy atom. The quantitative estimate of drug-likeness (QED) is 0.921. The SMILES string of the molecule is [3H]CCC([3H])n1c(=O)c2[nH]c(C3CCCC3)nc2n(C([3H])CC[3H])c1=O. The summed E-state index contributed by atoms with van der Waals surface area (Å²) in [5.74, 6) is 0.861. The fraction of sp³-hybridized carbons (Fsp3) is 0.688. The Morgan fingerprint density at radius 2 is 1.91 bits per heavy atom. The first-order valence-corrected chi connectivity index (χ1v) is 7.69. The van der Waals surface area contributed by atoms with Gasteiger partial charge in [-0.15, -0.1) is 0 Å². The number of hydrogen-bond acceptors (Lipinski definition) is 3. The maximum absolute atomic E-state index is 12.9. The molecule has 0 saturated heterocycles. The number of fused-ring (bicyclic) bond motifs is 1. The molecule has 1 fully saturated rings. The third-order valence-electron chi connectivity index (χ3n) is 4.14. The maximum Gasteiger partial charge on any atom is 0.332 e. The molecular formula is C16H24N4O2. The van der Waals surface area contributed by atoms with Gasteiger partial charge < -0.3 is 4.98 Å². The van der Waals surface area contributed by atoms with Gasteiger partial charge in [0.15, 0.2) is 5.65 Å². The van der Waals surface area contributed by atoms with Crippen molar-refractivity contribution in [2.24, 2.45) is 0 Å². The number of aromatic nitrogens is 4. The molecule has 0 aromatic carbocycles. The molecular weight excluding hydrogens is 280 g/mol. The molecule has 0 amide bonds. The molecule has 1 aliphatic rings. The van der Waals surface area contributed by atoms with E-state index in [0.717, 1.165) is 34.8 Å². The highest BCUT2D eigenvalue weighted by molar-refractivity contribution is 5.70. The van der Waals surface area contributed by atoms with Crippen molar-refractivity contribution in [1.82, 2.24) is 19.1 Å². The van der Waals surface area contributed by atoms with Crippen molar-refractivity contribution >= 4 is 11.2 Å².